The Balaban J connectivity index is 2.36. The summed E-state index contributed by atoms with van der Waals surface area (Å²) in [5.74, 6) is 1.58. The summed E-state index contributed by atoms with van der Waals surface area (Å²) in [5, 5.41) is 1.95. The topological polar surface area (TPSA) is 35.3 Å². The van der Waals surface area contributed by atoms with Crippen molar-refractivity contribution in [2.75, 3.05) is 7.11 Å². The summed E-state index contributed by atoms with van der Waals surface area (Å²) < 4.78 is 11.2. The van der Waals surface area contributed by atoms with Crippen molar-refractivity contribution in [3.63, 3.8) is 0 Å². The number of halogens is 2. The fourth-order valence-corrected chi connectivity index (χ4v) is 2.94. The standard InChI is InChI=1S/C16H13Cl2NO2/c1-3-9-6-11-10(4-5-14(20-2)16(11)21-9)15-12(17)7-19-8-13(15)18/h4-8H,3H2,1-2H3. The van der Waals surface area contributed by atoms with Crippen molar-refractivity contribution in [2.45, 2.75) is 13.3 Å². The van der Waals surface area contributed by atoms with E-state index >= 15 is 0 Å². The van der Waals surface area contributed by atoms with Crippen molar-refractivity contribution in [1.29, 1.82) is 0 Å². The van der Waals surface area contributed by atoms with Crippen LogP contribution in [-0.2, 0) is 6.42 Å². The van der Waals surface area contributed by atoms with E-state index in [1.54, 1.807) is 19.5 Å². The molecular formula is C16H13Cl2NO2. The molecule has 0 bridgehead atoms. The van der Waals surface area contributed by atoms with E-state index in [1.807, 2.05) is 25.1 Å². The van der Waals surface area contributed by atoms with Gasteiger partial charge < -0.3 is 9.15 Å². The third-order valence-corrected chi connectivity index (χ3v) is 3.96. The third kappa shape index (κ3) is 2.37. The SMILES string of the molecule is CCc1cc2c(-c3c(Cl)cncc3Cl)ccc(OC)c2o1. The molecule has 0 atom stereocenters. The molecule has 0 aliphatic rings. The van der Waals surface area contributed by atoms with Crippen LogP contribution >= 0.6 is 23.2 Å². The quantitative estimate of drug-likeness (QED) is 0.650. The van der Waals surface area contributed by atoms with Gasteiger partial charge in [-0.25, -0.2) is 0 Å². The number of fused-ring (bicyclic) bond motifs is 1. The van der Waals surface area contributed by atoms with Crippen molar-refractivity contribution in [1.82, 2.24) is 4.98 Å². The molecule has 0 N–H and O–H groups in total. The van der Waals surface area contributed by atoms with Crippen LogP contribution in [0.15, 0.2) is 35.0 Å². The Hall–Kier alpha value is -1.71. The summed E-state index contributed by atoms with van der Waals surface area (Å²) in [7, 11) is 1.62. The first-order chi connectivity index (χ1) is 10.2. The number of benzene rings is 1. The minimum atomic E-state index is 0.508. The van der Waals surface area contributed by atoms with Crippen LogP contribution in [0.5, 0.6) is 5.75 Å². The van der Waals surface area contributed by atoms with Crippen LogP contribution in [-0.4, -0.2) is 12.1 Å². The van der Waals surface area contributed by atoms with Gasteiger partial charge in [-0.15, -0.1) is 0 Å². The van der Waals surface area contributed by atoms with E-state index in [1.165, 1.54) is 0 Å². The van der Waals surface area contributed by atoms with Gasteiger partial charge >= 0.3 is 0 Å². The smallest absolute Gasteiger partial charge is 0.176 e. The number of ether oxygens (including phenoxy) is 1. The highest BCUT2D eigenvalue weighted by Gasteiger charge is 2.17. The predicted molar refractivity (Wildman–Crippen MR) is 85.4 cm³/mol. The number of rotatable bonds is 3. The summed E-state index contributed by atoms with van der Waals surface area (Å²) in [4.78, 5) is 3.99. The van der Waals surface area contributed by atoms with Crippen LogP contribution in [0, 0.1) is 0 Å². The number of nitrogens with zero attached hydrogens (tertiary/aromatic N) is 1. The van der Waals surface area contributed by atoms with Crippen molar-refractivity contribution in [2.24, 2.45) is 0 Å². The minimum absolute atomic E-state index is 0.508. The number of hydrogen-bond donors (Lipinski definition) is 0. The summed E-state index contributed by atoms with van der Waals surface area (Å²) in [6, 6.07) is 5.79. The van der Waals surface area contributed by atoms with Crippen LogP contribution in [0.2, 0.25) is 10.0 Å². The number of pyridine rings is 1. The lowest BCUT2D eigenvalue weighted by Crippen LogP contribution is -1.87. The molecule has 3 aromatic rings. The molecule has 0 aliphatic heterocycles. The molecule has 108 valence electrons. The minimum Gasteiger partial charge on any atom is -0.493 e. The highest BCUT2D eigenvalue weighted by molar-refractivity contribution is 6.39. The zero-order chi connectivity index (χ0) is 15.0. The first-order valence-corrected chi connectivity index (χ1v) is 7.30. The number of furan rings is 1. The lowest BCUT2D eigenvalue weighted by molar-refractivity contribution is 0.408. The zero-order valence-corrected chi connectivity index (χ0v) is 13.1. The van der Waals surface area contributed by atoms with Crippen LogP contribution in [0.25, 0.3) is 22.1 Å². The van der Waals surface area contributed by atoms with Gasteiger partial charge in [0.05, 0.1) is 17.2 Å². The fraction of sp³-hybridized carbons (Fsp3) is 0.188. The number of hydrogen-bond acceptors (Lipinski definition) is 3. The van der Waals surface area contributed by atoms with Gasteiger partial charge in [-0.3, -0.25) is 4.98 Å². The van der Waals surface area contributed by atoms with Gasteiger partial charge in [0.1, 0.15) is 5.76 Å². The Morgan fingerprint density at radius 1 is 1.19 bits per heavy atom. The molecule has 2 heterocycles. The van der Waals surface area contributed by atoms with E-state index in [9.17, 15) is 0 Å². The average Bonchev–Trinajstić information content (AvgIpc) is 2.91. The van der Waals surface area contributed by atoms with Gasteiger partial charge in [-0.05, 0) is 23.8 Å². The van der Waals surface area contributed by atoms with Gasteiger partial charge in [0.15, 0.2) is 11.3 Å². The van der Waals surface area contributed by atoms with Gasteiger partial charge in [0, 0.05) is 29.8 Å². The molecule has 0 radical (unpaired) electrons. The highest BCUT2D eigenvalue weighted by Crippen LogP contribution is 2.41. The molecule has 5 heteroatoms. The van der Waals surface area contributed by atoms with E-state index in [-0.39, 0.29) is 0 Å². The normalized spacial score (nSPS) is 11.0. The molecule has 2 aromatic heterocycles. The molecule has 3 rings (SSSR count). The monoisotopic (exact) mass is 321 g/mol. The van der Waals surface area contributed by atoms with Crippen LogP contribution in [0.3, 0.4) is 0 Å². The van der Waals surface area contributed by atoms with E-state index in [0.29, 0.717) is 21.4 Å². The first kappa shape index (κ1) is 14.2. The molecule has 0 saturated heterocycles. The van der Waals surface area contributed by atoms with E-state index in [2.05, 4.69) is 4.98 Å². The van der Waals surface area contributed by atoms with Crippen LogP contribution in [0.1, 0.15) is 12.7 Å². The van der Waals surface area contributed by atoms with Gasteiger partial charge in [-0.1, -0.05) is 30.1 Å². The molecule has 1 aromatic carbocycles. The van der Waals surface area contributed by atoms with Crippen molar-refractivity contribution in [3.8, 4) is 16.9 Å². The van der Waals surface area contributed by atoms with E-state index < -0.39 is 0 Å². The molecule has 3 nitrogen and oxygen atoms in total. The Bertz CT molecular complexity index is 791. The Morgan fingerprint density at radius 2 is 1.90 bits per heavy atom. The summed E-state index contributed by atoms with van der Waals surface area (Å²) in [6.07, 6.45) is 3.97. The summed E-state index contributed by atoms with van der Waals surface area (Å²) in [6.45, 7) is 2.04. The summed E-state index contributed by atoms with van der Waals surface area (Å²) in [5.41, 5.74) is 2.37. The average molecular weight is 322 g/mol. The molecule has 0 aliphatic carbocycles. The lowest BCUT2D eigenvalue weighted by Gasteiger charge is -2.09. The van der Waals surface area contributed by atoms with Crippen LogP contribution < -0.4 is 4.74 Å². The Kier molecular flexibility index (Phi) is 3.79. The van der Waals surface area contributed by atoms with E-state index in [0.717, 1.165) is 28.7 Å². The largest absolute Gasteiger partial charge is 0.493 e. The number of aromatic nitrogens is 1. The molecule has 0 amide bonds. The van der Waals surface area contributed by atoms with Crippen molar-refractivity contribution in [3.05, 3.63) is 46.4 Å². The fourth-order valence-electron chi connectivity index (χ4n) is 2.37. The molecule has 0 spiro atoms. The van der Waals surface area contributed by atoms with Crippen molar-refractivity contribution < 1.29 is 9.15 Å². The third-order valence-electron chi connectivity index (χ3n) is 3.39. The predicted octanol–water partition coefficient (Wildman–Crippen LogP) is 5.37. The highest BCUT2D eigenvalue weighted by atomic mass is 35.5. The second-order valence-electron chi connectivity index (χ2n) is 4.60. The van der Waals surface area contributed by atoms with Crippen molar-refractivity contribution >= 4 is 34.2 Å². The second kappa shape index (κ2) is 5.58. The molecule has 21 heavy (non-hydrogen) atoms. The number of aryl methyl sites for hydroxylation is 1. The maximum absolute atomic E-state index is 6.27. The maximum atomic E-state index is 6.27. The molecule has 0 unspecified atom stereocenters. The first-order valence-electron chi connectivity index (χ1n) is 6.54. The Labute approximate surface area is 132 Å². The zero-order valence-electron chi connectivity index (χ0n) is 11.6. The number of methoxy groups -OCH3 is 1. The van der Waals surface area contributed by atoms with E-state index in [4.69, 9.17) is 32.4 Å². The summed E-state index contributed by atoms with van der Waals surface area (Å²) >= 11 is 12.5. The Morgan fingerprint density at radius 3 is 2.52 bits per heavy atom. The molecule has 0 saturated carbocycles. The molecule has 0 fully saturated rings. The van der Waals surface area contributed by atoms with Gasteiger partial charge in [0.25, 0.3) is 0 Å². The van der Waals surface area contributed by atoms with Gasteiger partial charge in [-0.2, -0.15) is 0 Å². The second-order valence-corrected chi connectivity index (χ2v) is 5.42. The lowest BCUT2D eigenvalue weighted by atomic mass is 10.0. The van der Waals surface area contributed by atoms with Gasteiger partial charge in [0.2, 0.25) is 0 Å². The maximum Gasteiger partial charge on any atom is 0.176 e. The molecular weight excluding hydrogens is 309 g/mol. The van der Waals surface area contributed by atoms with Crippen LogP contribution in [0.4, 0.5) is 0 Å².